The Kier molecular flexibility index (Phi) is 7.84. The van der Waals surface area contributed by atoms with E-state index in [0.717, 1.165) is 50.8 Å². The fraction of sp³-hybridized carbons (Fsp3) is 0.303. The minimum absolute atomic E-state index is 0.0320. The summed E-state index contributed by atoms with van der Waals surface area (Å²) in [5, 5.41) is 20.8. The highest BCUT2D eigenvalue weighted by molar-refractivity contribution is 14.1. The van der Waals surface area contributed by atoms with Crippen molar-refractivity contribution in [2.75, 3.05) is 0 Å². The molecule has 7 rings (SSSR count). The van der Waals surface area contributed by atoms with Crippen LogP contribution in [0.2, 0.25) is 15.1 Å². The van der Waals surface area contributed by atoms with Crippen LogP contribution >= 0.6 is 57.4 Å². The molecule has 226 valence electrons. The molecule has 0 bridgehead atoms. The number of carbonyl (C=O) groups is 1. The van der Waals surface area contributed by atoms with Crippen molar-refractivity contribution in [2.45, 2.75) is 63.5 Å². The first-order chi connectivity index (χ1) is 21.1. The highest BCUT2D eigenvalue weighted by Crippen LogP contribution is 2.57. The minimum atomic E-state index is -1.02. The van der Waals surface area contributed by atoms with Crippen molar-refractivity contribution in [3.8, 4) is 17.0 Å². The maximum atomic E-state index is 11.9. The average Bonchev–Trinajstić information content (AvgIpc) is 3.89. The van der Waals surface area contributed by atoms with Crippen LogP contribution in [0, 0.1) is 3.57 Å². The predicted molar refractivity (Wildman–Crippen MR) is 180 cm³/mol. The molecular formula is C33H27Cl3IN3O4. The van der Waals surface area contributed by atoms with Crippen LogP contribution in [0.4, 0.5) is 0 Å². The Morgan fingerprint density at radius 1 is 1.09 bits per heavy atom. The second-order valence-electron chi connectivity index (χ2n) is 11.8. The summed E-state index contributed by atoms with van der Waals surface area (Å²) in [4.78, 5) is 11.9. The van der Waals surface area contributed by atoms with E-state index in [1.54, 1.807) is 22.9 Å². The van der Waals surface area contributed by atoms with E-state index in [1.165, 1.54) is 0 Å². The normalized spacial score (nSPS) is 17.9. The SMILES string of the molecule is CC(C)n1nc(C(=O)O)c2c(I)cc(C3CC3c3ccc(OCc4c(-c5c(Cl)cccc5Cl)noc4C4CC4)cc3Cl)cc21. The Morgan fingerprint density at radius 2 is 1.84 bits per heavy atom. The van der Waals surface area contributed by atoms with Gasteiger partial charge in [0.15, 0.2) is 5.69 Å². The number of ether oxygens (including phenoxy) is 1. The van der Waals surface area contributed by atoms with Gasteiger partial charge in [-0.2, -0.15) is 5.10 Å². The molecule has 1 N–H and O–H groups in total. The zero-order valence-electron chi connectivity index (χ0n) is 23.8. The second-order valence-corrected chi connectivity index (χ2v) is 14.1. The quantitative estimate of drug-likeness (QED) is 0.150. The van der Waals surface area contributed by atoms with Gasteiger partial charge in [0.25, 0.3) is 0 Å². The predicted octanol–water partition coefficient (Wildman–Crippen LogP) is 10.3. The highest BCUT2D eigenvalue weighted by atomic mass is 127. The lowest BCUT2D eigenvalue weighted by Crippen LogP contribution is -2.05. The Hall–Kier alpha value is -2.79. The molecule has 0 radical (unpaired) electrons. The summed E-state index contributed by atoms with van der Waals surface area (Å²) >= 11 is 22.1. The molecular weight excluding hydrogens is 736 g/mol. The second kappa shape index (κ2) is 11.5. The van der Waals surface area contributed by atoms with Gasteiger partial charge in [0, 0.05) is 31.5 Å². The fourth-order valence-corrected chi connectivity index (χ4v) is 7.78. The van der Waals surface area contributed by atoms with Gasteiger partial charge in [-0.05, 0) is 115 Å². The molecule has 0 amide bonds. The lowest BCUT2D eigenvalue weighted by molar-refractivity contribution is 0.0691. The van der Waals surface area contributed by atoms with Crippen molar-refractivity contribution in [3.05, 3.63) is 95.3 Å². The number of carboxylic acid groups (broad SMARTS) is 1. The Morgan fingerprint density at radius 3 is 2.50 bits per heavy atom. The smallest absolute Gasteiger partial charge is 0.357 e. The summed E-state index contributed by atoms with van der Waals surface area (Å²) in [6.45, 7) is 4.25. The van der Waals surface area contributed by atoms with Crippen molar-refractivity contribution in [1.82, 2.24) is 14.9 Å². The van der Waals surface area contributed by atoms with E-state index in [4.69, 9.17) is 44.1 Å². The van der Waals surface area contributed by atoms with E-state index in [1.807, 2.05) is 32.0 Å². The summed E-state index contributed by atoms with van der Waals surface area (Å²) < 4.78 is 14.7. The van der Waals surface area contributed by atoms with Gasteiger partial charge in [-0.1, -0.05) is 52.1 Å². The third-order valence-electron chi connectivity index (χ3n) is 8.41. The molecule has 2 saturated carbocycles. The molecule has 2 aliphatic carbocycles. The van der Waals surface area contributed by atoms with Gasteiger partial charge >= 0.3 is 5.97 Å². The van der Waals surface area contributed by atoms with Crippen molar-refractivity contribution in [3.63, 3.8) is 0 Å². The molecule has 0 spiro atoms. The minimum Gasteiger partial charge on any atom is -0.489 e. The largest absolute Gasteiger partial charge is 0.489 e. The topological polar surface area (TPSA) is 90.4 Å². The number of halogens is 4. The fourth-order valence-electron chi connectivity index (χ4n) is 6.01. The number of benzene rings is 3. The number of rotatable bonds is 9. The number of hydrogen-bond acceptors (Lipinski definition) is 5. The van der Waals surface area contributed by atoms with Crippen molar-refractivity contribution in [2.24, 2.45) is 0 Å². The van der Waals surface area contributed by atoms with E-state index < -0.39 is 5.97 Å². The molecule has 44 heavy (non-hydrogen) atoms. The standard InChI is InChI=1S/C33H27Cl3IN3O4/c1-15(2)40-27-11-17(10-26(37)29(27)31(38-40)33(41)42)20-13-21(20)19-9-8-18(12-25(19)36)43-14-22-30(39-44-32(22)16-6-7-16)28-23(34)4-3-5-24(28)35/h3-5,8-12,15-16,20-21H,6-7,13-14H2,1-2H3,(H,41,42). The van der Waals surface area contributed by atoms with E-state index in [9.17, 15) is 9.90 Å². The van der Waals surface area contributed by atoms with Gasteiger partial charge in [-0.3, -0.25) is 4.68 Å². The van der Waals surface area contributed by atoms with Crippen molar-refractivity contribution >= 4 is 74.3 Å². The summed E-state index contributed by atoms with van der Waals surface area (Å²) in [6.07, 6.45) is 3.05. The first kappa shape index (κ1) is 29.9. The third-order valence-corrected chi connectivity index (χ3v) is 10.2. The number of nitrogens with zero attached hydrogens (tertiary/aromatic N) is 3. The molecule has 2 aliphatic rings. The molecule has 2 unspecified atom stereocenters. The molecule has 11 heteroatoms. The van der Waals surface area contributed by atoms with Gasteiger partial charge in [0.05, 0.1) is 21.1 Å². The van der Waals surface area contributed by atoms with Crippen molar-refractivity contribution < 1.29 is 19.2 Å². The molecule has 0 saturated heterocycles. The summed E-state index contributed by atoms with van der Waals surface area (Å²) in [5.74, 6) is 1.31. The molecule has 2 aromatic heterocycles. The summed E-state index contributed by atoms with van der Waals surface area (Å²) in [6, 6.07) is 15.4. The van der Waals surface area contributed by atoms with Gasteiger partial charge in [0.2, 0.25) is 0 Å². The van der Waals surface area contributed by atoms with Crippen LogP contribution in [-0.2, 0) is 6.61 Å². The van der Waals surface area contributed by atoms with Gasteiger partial charge in [-0.25, -0.2) is 4.79 Å². The molecule has 2 heterocycles. The van der Waals surface area contributed by atoms with E-state index >= 15 is 0 Å². The van der Waals surface area contributed by atoms with E-state index in [2.05, 4.69) is 45.0 Å². The van der Waals surface area contributed by atoms with Crippen LogP contribution in [0.15, 0.2) is 53.1 Å². The Labute approximate surface area is 282 Å². The monoisotopic (exact) mass is 761 g/mol. The zero-order chi connectivity index (χ0) is 30.9. The van der Waals surface area contributed by atoms with Crippen LogP contribution in [0.1, 0.15) is 89.8 Å². The summed E-state index contributed by atoms with van der Waals surface area (Å²) in [7, 11) is 0. The molecule has 3 aromatic carbocycles. The average molecular weight is 763 g/mol. The maximum Gasteiger partial charge on any atom is 0.357 e. The number of carboxylic acids is 1. The van der Waals surface area contributed by atoms with Crippen LogP contribution in [0.25, 0.3) is 22.2 Å². The number of aromatic nitrogens is 3. The van der Waals surface area contributed by atoms with Crippen LogP contribution < -0.4 is 4.74 Å². The number of hydrogen-bond donors (Lipinski definition) is 1. The lowest BCUT2D eigenvalue weighted by Gasteiger charge is -2.12. The van der Waals surface area contributed by atoms with E-state index in [-0.39, 0.29) is 30.2 Å². The van der Waals surface area contributed by atoms with Gasteiger partial charge in [-0.15, -0.1) is 0 Å². The molecule has 5 aromatic rings. The van der Waals surface area contributed by atoms with Gasteiger partial charge < -0.3 is 14.4 Å². The summed E-state index contributed by atoms with van der Waals surface area (Å²) in [5.41, 5.74) is 5.25. The van der Waals surface area contributed by atoms with E-state index in [0.29, 0.717) is 43.4 Å². The molecule has 7 nitrogen and oxygen atoms in total. The van der Waals surface area contributed by atoms with Crippen LogP contribution in [0.3, 0.4) is 0 Å². The molecule has 2 atom stereocenters. The molecule has 0 aliphatic heterocycles. The third kappa shape index (κ3) is 5.37. The van der Waals surface area contributed by atoms with Crippen LogP contribution in [-0.4, -0.2) is 26.0 Å². The van der Waals surface area contributed by atoms with Crippen molar-refractivity contribution in [1.29, 1.82) is 0 Å². The zero-order valence-corrected chi connectivity index (χ0v) is 28.2. The first-order valence-corrected chi connectivity index (χ1v) is 16.6. The number of fused-ring (bicyclic) bond motifs is 1. The first-order valence-electron chi connectivity index (χ1n) is 14.4. The van der Waals surface area contributed by atoms with Crippen LogP contribution in [0.5, 0.6) is 5.75 Å². The highest BCUT2D eigenvalue weighted by Gasteiger charge is 2.41. The van der Waals surface area contributed by atoms with Gasteiger partial charge in [0.1, 0.15) is 23.8 Å². The Balaban J connectivity index is 1.12. The lowest BCUT2D eigenvalue weighted by atomic mass is 10.0. The Bertz CT molecular complexity index is 1930. The number of aromatic carboxylic acids is 1. The molecule has 2 fully saturated rings. The maximum absolute atomic E-state index is 11.9.